The quantitative estimate of drug-likeness (QED) is 0.0617. The Labute approximate surface area is 291 Å². The number of hydrogen-bond acceptors (Lipinski definition) is 4. The van der Waals surface area contributed by atoms with Crippen molar-refractivity contribution in [2.24, 2.45) is 5.41 Å². The molecule has 0 aromatic carbocycles. The molecule has 0 unspecified atom stereocenters. The molecule has 0 aliphatic carbocycles. The molecule has 0 aliphatic heterocycles. The van der Waals surface area contributed by atoms with Crippen LogP contribution >= 0.6 is 0 Å². The Bertz CT molecular complexity index is 482. The summed E-state index contributed by atoms with van der Waals surface area (Å²) in [6, 6.07) is 0. The lowest BCUT2D eigenvalue weighted by atomic mass is 9.92. The highest BCUT2D eigenvalue weighted by Crippen LogP contribution is 2.22. The maximum Gasteiger partial charge on any atom is 0.0802 e. The topological polar surface area (TPSA) is 36.9 Å². The van der Waals surface area contributed by atoms with Crippen molar-refractivity contribution in [1.29, 1.82) is 0 Å². The Morgan fingerprint density at radius 3 is 0.951 bits per heavy atom. The summed E-state index contributed by atoms with van der Waals surface area (Å²) in [5.74, 6) is 0. The van der Waals surface area contributed by atoms with E-state index in [9.17, 15) is 0 Å². The molecule has 0 atom stereocenters. The molecule has 0 saturated heterocycles. The maximum absolute atomic E-state index is 6.30. The van der Waals surface area contributed by atoms with Crippen LogP contribution in [-0.4, -0.2) is 117 Å². The van der Waals surface area contributed by atoms with E-state index in [-0.39, 0.29) is 53.4 Å². The second-order valence-electron chi connectivity index (χ2n) is 14.0. The summed E-state index contributed by atoms with van der Waals surface area (Å²) in [5.41, 5.74) is -0.252. The number of rotatable bonds is 30. The fraction of sp³-hybridized carbons (Fsp3) is 1.00. The zero-order chi connectivity index (χ0) is 29.3. The van der Waals surface area contributed by atoms with Gasteiger partial charge in [0.2, 0.25) is 0 Å². The third-order valence-electron chi connectivity index (χ3n) is 7.15. The van der Waals surface area contributed by atoms with Gasteiger partial charge in [0.15, 0.2) is 0 Å². The van der Waals surface area contributed by atoms with Crippen LogP contribution in [-0.2, 0) is 18.9 Å². The van der Waals surface area contributed by atoms with E-state index in [0.717, 1.165) is 74.2 Å². The molecule has 0 heterocycles. The highest BCUT2D eigenvalue weighted by Gasteiger charge is 2.32. The Morgan fingerprint density at radius 1 is 0.390 bits per heavy atom. The van der Waals surface area contributed by atoms with Crippen LogP contribution in [0.3, 0.4) is 0 Å². The molecule has 0 spiro atoms. The third kappa shape index (κ3) is 33.9. The maximum atomic E-state index is 6.30. The molecule has 41 heavy (non-hydrogen) atoms. The predicted octanol–water partition coefficient (Wildman–Crippen LogP) is 0.961. The van der Waals surface area contributed by atoms with Gasteiger partial charge in [0.25, 0.3) is 0 Å². The lowest BCUT2D eigenvalue weighted by Crippen LogP contribution is -3.00. The van der Waals surface area contributed by atoms with Crippen LogP contribution in [0.4, 0.5) is 0 Å². The second kappa shape index (κ2) is 29.9. The Balaban J connectivity index is -0.00000722. The largest absolute Gasteiger partial charge is 1.00 e. The molecule has 0 fully saturated rings. The number of halogens is 2. The van der Waals surface area contributed by atoms with Crippen LogP contribution in [0.2, 0.25) is 0 Å². The van der Waals surface area contributed by atoms with Crippen molar-refractivity contribution in [1.82, 2.24) is 0 Å². The van der Waals surface area contributed by atoms with Crippen LogP contribution in [0.15, 0.2) is 0 Å². The zero-order valence-electron chi connectivity index (χ0n) is 28.8. The summed E-state index contributed by atoms with van der Waals surface area (Å²) in [7, 11) is 13.4. The summed E-state index contributed by atoms with van der Waals surface area (Å²) in [4.78, 5) is 0. The average Bonchev–Trinajstić information content (AvgIpc) is 2.85. The highest BCUT2D eigenvalue weighted by atomic mass is 127. The first-order chi connectivity index (χ1) is 18.5. The average molecular weight is 815 g/mol. The summed E-state index contributed by atoms with van der Waals surface area (Å²) >= 11 is 0. The van der Waals surface area contributed by atoms with E-state index in [2.05, 4.69) is 56.1 Å². The van der Waals surface area contributed by atoms with E-state index in [1.54, 1.807) is 0 Å². The van der Waals surface area contributed by atoms with Crippen molar-refractivity contribution >= 4 is 0 Å². The Hall–Kier alpha value is 1.22. The summed E-state index contributed by atoms with van der Waals surface area (Å²) in [5, 5.41) is 0. The summed E-state index contributed by atoms with van der Waals surface area (Å²) in [6.45, 7) is 12.5. The molecule has 252 valence electrons. The number of ether oxygens (including phenoxy) is 4. The number of unbranched alkanes of at least 4 members (excludes halogenated alkanes) is 10. The lowest BCUT2D eigenvalue weighted by Gasteiger charge is -2.33. The molecule has 8 heteroatoms. The minimum Gasteiger partial charge on any atom is -1.00 e. The molecular formula is C33H72I2N2O4. The van der Waals surface area contributed by atoms with Crippen molar-refractivity contribution in [3.05, 3.63) is 0 Å². The van der Waals surface area contributed by atoms with Gasteiger partial charge in [0.1, 0.15) is 0 Å². The van der Waals surface area contributed by atoms with Gasteiger partial charge in [-0.25, -0.2) is 0 Å². The first kappa shape index (κ1) is 46.6. The van der Waals surface area contributed by atoms with E-state index < -0.39 is 0 Å². The standard InChI is InChI=1S/C33H72N2O4.2HI/c1-9-11-13-15-17-19-25-36-29-33(31-38-27-21-23-34(3,4)5,32-39-28-22-24-35(6,7)8)30-37-26-20-18-16-14-12-10-2;;/h9-32H2,1-8H3;2*1H/q+2;;/p-2. The predicted molar refractivity (Wildman–Crippen MR) is 167 cm³/mol. The fourth-order valence-corrected chi connectivity index (χ4v) is 4.66. The summed E-state index contributed by atoms with van der Waals surface area (Å²) < 4.78 is 27.1. The first-order valence-corrected chi connectivity index (χ1v) is 16.5. The fourth-order valence-electron chi connectivity index (χ4n) is 4.66. The van der Waals surface area contributed by atoms with Crippen LogP contribution < -0.4 is 48.0 Å². The van der Waals surface area contributed by atoms with Crippen molar-refractivity contribution in [2.45, 2.75) is 104 Å². The van der Waals surface area contributed by atoms with E-state index >= 15 is 0 Å². The third-order valence-corrected chi connectivity index (χ3v) is 7.15. The SMILES string of the molecule is CCCCCCCCOCC(COCCCCCCCC)(COCCC[N+](C)(C)C)COCCC[N+](C)(C)C.[I-].[I-]. The number of nitrogens with zero attached hydrogens (tertiary/aromatic N) is 2. The van der Waals surface area contributed by atoms with Gasteiger partial charge in [0.05, 0.1) is 100 Å². The number of quaternary nitrogens is 2. The normalized spacial score (nSPS) is 12.3. The highest BCUT2D eigenvalue weighted by molar-refractivity contribution is 4.79. The van der Waals surface area contributed by atoms with Gasteiger partial charge in [-0.15, -0.1) is 0 Å². The lowest BCUT2D eigenvalue weighted by molar-refractivity contribution is -0.870. The van der Waals surface area contributed by atoms with Gasteiger partial charge < -0.3 is 75.9 Å². The minimum atomic E-state index is -0.252. The van der Waals surface area contributed by atoms with Crippen molar-refractivity contribution in [3.8, 4) is 0 Å². The van der Waals surface area contributed by atoms with Gasteiger partial charge in [-0.1, -0.05) is 78.1 Å². The monoisotopic (exact) mass is 814 g/mol. The summed E-state index contributed by atoms with van der Waals surface area (Å²) in [6.07, 6.45) is 17.5. The van der Waals surface area contributed by atoms with E-state index in [4.69, 9.17) is 18.9 Å². The molecule has 0 rings (SSSR count). The molecule has 6 nitrogen and oxygen atoms in total. The van der Waals surface area contributed by atoms with Gasteiger partial charge in [-0.05, 0) is 12.8 Å². The molecule has 0 radical (unpaired) electrons. The first-order valence-electron chi connectivity index (χ1n) is 16.5. The van der Waals surface area contributed by atoms with E-state index in [0.29, 0.717) is 26.4 Å². The van der Waals surface area contributed by atoms with Crippen molar-refractivity contribution < 1.29 is 75.9 Å². The smallest absolute Gasteiger partial charge is 0.0802 e. The molecule has 0 amide bonds. The molecule has 0 aliphatic rings. The molecule has 0 saturated carbocycles. The van der Waals surface area contributed by atoms with Gasteiger partial charge >= 0.3 is 0 Å². The van der Waals surface area contributed by atoms with Gasteiger partial charge in [0, 0.05) is 26.1 Å². The van der Waals surface area contributed by atoms with Gasteiger partial charge in [-0.3, -0.25) is 0 Å². The molecule has 0 bridgehead atoms. The van der Waals surface area contributed by atoms with Gasteiger partial charge in [-0.2, -0.15) is 0 Å². The minimum absolute atomic E-state index is 0. The Kier molecular flexibility index (Phi) is 34.0. The van der Waals surface area contributed by atoms with Crippen LogP contribution in [0.5, 0.6) is 0 Å². The molecular weight excluding hydrogens is 742 g/mol. The molecule has 0 aromatic rings. The van der Waals surface area contributed by atoms with E-state index in [1.165, 1.54) is 64.2 Å². The van der Waals surface area contributed by atoms with Crippen molar-refractivity contribution in [3.63, 3.8) is 0 Å². The molecule has 0 aromatic heterocycles. The second-order valence-corrected chi connectivity index (χ2v) is 14.0. The zero-order valence-corrected chi connectivity index (χ0v) is 33.1. The van der Waals surface area contributed by atoms with Crippen molar-refractivity contribution in [2.75, 3.05) is 108 Å². The van der Waals surface area contributed by atoms with E-state index in [1.807, 2.05) is 0 Å². The van der Waals surface area contributed by atoms with Crippen LogP contribution in [0.25, 0.3) is 0 Å². The Morgan fingerprint density at radius 2 is 0.659 bits per heavy atom. The van der Waals surface area contributed by atoms with Crippen LogP contribution in [0.1, 0.15) is 104 Å². The molecule has 0 N–H and O–H groups in total. The number of hydrogen-bond donors (Lipinski definition) is 0. The van der Waals surface area contributed by atoms with Crippen LogP contribution in [0, 0.1) is 5.41 Å².